The molecular weight excluding hydrogens is 250 g/mol. The van der Waals surface area contributed by atoms with Gasteiger partial charge in [-0.25, -0.2) is 13.4 Å². The minimum Gasteiger partial charge on any atom is -0.214 e. The van der Waals surface area contributed by atoms with Gasteiger partial charge in [0.25, 0.3) is 10.0 Å². The molecule has 2 rings (SSSR count). The Balaban J connectivity index is 2.26. The smallest absolute Gasteiger partial charge is 0.214 e. The molecule has 5 nitrogen and oxygen atoms in total. The second-order valence-electron chi connectivity index (χ2n) is 3.98. The van der Waals surface area contributed by atoms with Gasteiger partial charge < -0.3 is 0 Å². The molecule has 2 aromatic rings. The van der Waals surface area contributed by atoms with Crippen molar-refractivity contribution in [2.45, 2.75) is 19.8 Å². The van der Waals surface area contributed by atoms with Crippen LogP contribution in [0.15, 0.2) is 36.7 Å². The first kappa shape index (κ1) is 12.8. The lowest BCUT2D eigenvalue weighted by molar-refractivity contribution is 0.576. The van der Waals surface area contributed by atoms with Crippen molar-refractivity contribution in [3.8, 4) is 11.4 Å². The highest BCUT2D eigenvalue weighted by molar-refractivity contribution is 7.89. The van der Waals surface area contributed by atoms with Gasteiger partial charge in [0.2, 0.25) is 0 Å². The molecule has 0 N–H and O–H groups in total. The van der Waals surface area contributed by atoms with Gasteiger partial charge in [-0.1, -0.05) is 43.7 Å². The van der Waals surface area contributed by atoms with Crippen LogP contribution in [0.5, 0.6) is 0 Å². The Labute approximate surface area is 107 Å². The molecule has 0 bridgehead atoms. The van der Waals surface area contributed by atoms with Crippen LogP contribution >= 0.6 is 0 Å². The van der Waals surface area contributed by atoms with Crippen molar-refractivity contribution in [3.63, 3.8) is 0 Å². The van der Waals surface area contributed by atoms with Gasteiger partial charge in [0, 0.05) is 5.56 Å². The minimum atomic E-state index is -3.37. The zero-order chi connectivity index (χ0) is 13.0. The van der Waals surface area contributed by atoms with Gasteiger partial charge in [0.1, 0.15) is 6.33 Å². The maximum atomic E-state index is 11.9. The number of aromatic nitrogens is 3. The summed E-state index contributed by atoms with van der Waals surface area (Å²) in [4.78, 5) is 4.03. The molecular formula is C12H15N3O2S. The molecule has 0 saturated carbocycles. The Morgan fingerprint density at radius 3 is 2.61 bits per heavy atom. The van der Waals surface area contributed by atoms with Crippen LogP contribution in [0.1, 0.15) is 19.8 Å². The molecule has 1 heterocycles. The lowest BCUT2D eigenvalue weighted by atomic mass is 10.2. The summed E-state index contributed by atoms with van der Waals surface area (Å²) in [7, 11) is -3.37. The van der Waals surface area contributed by atoms with E-state index in [1.165, 1.54) is 6.33 Å². The highest BCUT2D eigenvalue weighted by atomic mass is 32.2. The first-order valence-electron chi connectivity index (χ1n) is 5.84. The normalized spacial score (nSPS) is 11.6. The van der Waals surface area contributed by atoms with Gasteiger partial charge in [-0.2, -0.15) is 0 Å². The number of benzene rings is 1. The summed E-state index contributed by atoms with van der Waals surface area (Å²) >= 11 is 0. The fraction of sp³-hybridized carbons (Fsp3) is 0.333. The van der Waals surface area contributed by atoms with Gasteiger partial charge in [-0.15, -0.1) is 9.19 Å². The van der Waals surface area contributed by atoms with Crippen molar-refractivity contribution >= 4 is 10.0 Å². The van der Waals surface area contributed by atoms with Crippen molar-refractivity contribution in [2.24, 2.45) is 0 Å². The van der Waals surface area contributed by atoms with E-state index in [1.54, 1.807) is 0 Å². The monoisotopic (exact) mass is 265 g/mol. The van der Waals surface area contributed by atoms with E-state index < -0.39 is 10.0 Å². The molecule has 0 radical (unpaired) electrons. The molecule has 96 valence electrons. The van der Waals surface area contributed by atoms with Crippen LogP contribution < -0.4 is 0 Å². The molecule has 0 unspecified atom stereocenters. The van der Waals surface area contributed by atoms with E-state index in [0.29, 0.717) is 12.2 Å². The zero-order valence-corrected chi connectivity index (χ0v) is 11.0. The largest absolute Gasteiger partial charge is 0.255 e. The Hall–Kier alpha value is -1.69. The van der Waals surface area contributed by atoms with Crippen molar-refractivity contribution in [1.82, 2.24) is 14.2 Å². The van der Waals surface area contributed by atoms with Crippen LogP contribution in [0.2, 0.25) is 0 Å². The first-order valence-corrected chi connectivity index (χ1v) is 7.45. The molecule has 0 aliphatic carbocycles. The van der Waals surface area contributed by atoms with E-state index in [1.807, 2.05) is 37.3 Å². The molecule has 0 amide bonds. The zero-order valence-electron chi connectivity index (χ0n) is 10.2. The molecule has 0 spiro atoms. The third kappa shape index (κ3) is 2.76. The molecule has 18 heavy (non-hydrogen) atoms. The summed E-state index contributed by atoms with van der Waals surface area (Å²) in [6.45, 7) is 1.95. The second-order valence-corrected chi connectivity index (χ2v) is 5.92. The Kier molecular flexibility index (Phi) is 3.76. The maximum absolute atomic E-state index is 11.9. The number of hydrogen-bond donors (Lipinski definition) is 0. The fourth-order valence-corrected chi connectivity index (χ4v) is 2.76. The summed E-state index contributed by atoms with van der Waals surface area (Å²) in [6, 6.07) is 9.30. The van der Waals surface area contributed by atoms with Gasteiger partial charge in [0.05, 0.1) is 5.75 Å². The summed E-state index contributed by atoms with van der Waals surface area (Å²) in [6.07, 6.45) is 2.72. The lowest BCUT2D eigenvalue weighted by Gasteiger charge is -2.01. The van der Waals surface area contributed by atoms with Crippen LogP contribution in [0.4, 0.5) is 0 Å². The first-order chi connectivity index (χ1) is 8.63. The molecule has 0 aliphatic heterocycles. The highest BCUT2D eigenvalue weighted by Gasteiger charge is 2.15. The Morgan fingerprint density at radius 2 is 1.94 bits per heavy atom. The quantitative estimate of drug-likeness (QED) is 0.828. The topological polar surface area (TPSA) is 64.8 Å². The van der Waals surface area contributed by atoms with Crippen molar-refractivity contribution in [3.05, 3.63) is 36.7 Å². The number of unbranched alkanes of at least 4 members (excludes halogenated alkanes) is 1. The van der Waals surface area contributed by atoms with Crippen molar-refractivity contribution in [2.75, 3.05) is 5.75 Å². The van der Waals surface area contributed by atoms with Crippen LogP contribution in [0, 0.1) is 0 Å². The standard InChI is InChI=1S/C12H15N3O2S/c1-2-3-9-18(16,17)15-10-13-12(14-15)11-7-5-4-6-8-11/h4-8,10H,2-3,9H2,1H3. The molecule has 0 aliphatic rings. The summed E-state index contributed by atoms with van der Waals surface area (Å²) < 4.78 is 24.8. The third-order valence-corrected chi connectivity index (χ3v) is 4.10. The number of nitrogens with zero attached hydrogens (tertiary/aromatic N) is 3. The average molecular weight is 265 g/mol. The SMILES string of the molecule is CCCCS(=O)(=O)n1cnc(-c2ccccc2)n1. The van der Waals surface area contributed by atoms with Crippen LogP contribution in [0.25, 0.3) is 11.4 Å². The molecule has 6 heteroatoms. The second kappa shape index (κ2) is 5.30. The lowest BCUT2D eigenvalue weighted by Crippen LogP contribution is -2.17. The Morgan fingerprint density at radius 1 is 1.22 bits per heavy atom. The Bertz CT molecular complexity index is 605. The van der Waals surface area contributed by atoms with Gasteiger partial charge in [-0.3, -0.25) is 0 Å². The van der Waals surface area contributed by atoms with Gasteiger partial charge in [-0.05, 0) is 6.42 Å². The maximum Gasteiger partial charge on any atom is 0.255 e. The van der Waals surface area contributed by atoms with E-state index >= 15 is 0 Å². The van der Waals surface area contributed by atoms with E-state index in [4.69, 9.17) is 0 Å². The predicted octanol–water partition coefficient (Wildman–Crippen LogP) is 1.92. The van der Waals surface area contributed by atoms with Crippen molar-refractivity contribution in [1.29, 1.82) is 0 Å². The number of rotatable bonds is 5. The van der Waals surface area contributed by atoms with Crippen molar-refractivity contribution < 1.29 is 8.42 Å². The third-order valence-electron chi connectivity index (χ3n) is 2.54. The van der Waals surface area contributed by atoms with Crippen LogP contribution in [-0.2, 0) is 10.0 Å². The predicted molar refractivity (Wildman–Crippen MR) is 69.6 cm³/mol. The summed E-state index contributed by atoms with van der Waals surface area (Å²) in [5, 5.41) is 4.02. The van der Waals surface area contributed by atoms with E-state index in [2.05, 4.69) is 10.1 Å². The molecule has 1 aromatic carbocycles. The van der Waals surface area contributed by atoms with E-state index in [9.17, 15) is 8.42 Å². The number of hydrogen-bond acceptors (Lipinski definition) is 4. The van der Waals surface area contributed by atoms with Crippen LogP contribution in [-0.4, -0.2) is 28.3 Å². The molecule has 1 aromatic heterocycles. The molecule has 0 fully saturated rings. The summed E-state index contributed by atoms with van der Waals surface area (Å²) in [5.74, 6) is 0.525. The minimum absolute atomic E-state index is 0.0983. The van der Waals surface area contributed by atoms with Crippen LogP contribution in [0.3, 0.4) is 0 Å². The van der Waals surface area contributed by atoms with Gasteiger partial charge in [0.15, 0.2) is 5.82 Å². The highest BCUT2D eigenvalue weighted by Crippen LogP contribution is 2.13. The van der Waals surface area contributed by atoms with E-state index in [-0.39, 0.29) is 5.75 Å². The average Bonchev–Trinajstić information content (AvgIpc) is 2.88. The molecule has 0 atom stereocenters. The molecule has 0 saturated heterocycles. The fourth-order valence-electron chi connectivity index (χ4n) is 1.52. The van der Waals surface area contributed by atoms with E-state index in [0.717, 1.165) is 16.1 Å². The van der Waals surface area contributed by atoms with Gasteiger partial charge >= 0.3 is 0 Å². The summed E-state index contributed by atoms with van der Waals surface area (Å²) in [5.41, 5.74) is 0.807.